The van der Waals surface area contributed by atoms with E-state index < -0.39 is 28.4 Å². The summed E-state index contributed by atoms with van der Waals surface area (Å²) in [6.45, 7) is 0. The van der Waals surface area contributed by atoms with Gasteiger partial charge in [-0.15, -0.1) is 0 Å². The van der Waals surface area contributed by atoms with Crippen LogP contribution in [0.2, 0.25) is 0 Å². The quantitative estimate of drug-likeness (QED) is 0.286. The van der Waals surface area contributed by atoms with E-state index in [1.807, 2.05) is 0 Å². The molecule has 2 aromatic rings. The van der Waals surface area contributed by atoms with Gasteiger partial charge in [-0.1, -0.05) is 12.1 Å². The molecule has 1 saturated heterocycles. The lowest BCUT2D eigenvalue weighted by Crippen LogP contribution is -2.21. The molecule has 0 aliphatic carbocycles. The summed E-state index contributed by atoms with van der Waals surface area (Å²) in [4.78, 5) is 34.3. The van der Waals surface area contributed by atoms with Crippen LogP contribution in [0.3, 0.4) is 0 Å². The molecule has 8 heteroatoms. The average Bonchev–Trinajstić information content (AvgIpc) is 2.96. The lowest BCUT2D eigenvalue weighted by Gasteiger charge is -2.14. The molecule has 1 amide bonds. The highest BCUT2D eigenvalue weighted by molar-refractivity contribution is 6.46. The van der Waals surface area contributed by atoms with Crippen LogP contribution in [0.4, 0.5) is 5.69 Å². The molecular weight excluding hydrogens is 340 g/mol. The maximum absolute atomic E-state index is 12.2. The molecule has 26 heavy (non-hydrogen) atoms. The highest BCUT2D eigenvalue weighted by atomic mass is 16.6. The largest absolute Gasteiger partial charge is 0.507 e. The molecule has 2 N–H and O–H groups in total. The molecule has 0 radical (unpaired) electrons. The van der Waals surface area contributed by atoms with E-state index in [4.69, 9.17) is 4.74 Å². The summed E-state index contributed by atoms with van der Waals surface area (Å²) in [5, 5.41) is 23.8. The van der Waals surface area contributed by atoms with Gasteiger partial charge < -0.3 is 15.2 Å². The Morgan fingerprint density at radius 1 is 1.12 bits per heavy atom. The monoisotopic (exact) mass is 354 g/mol. The van der Waals surface area contributed by atoms with Gasteiger partial charge in [-0.2, -0.15) is 0 Å². The maximum Gasteiger partial charge on any atom is 0.293 e. The lowest BCUT2D eigenvalue weighted by atomic mass is 9.96. The van der Waals surface area contributed by atoms with E-state index in [2.05, 4.69) is 5.32 Å². The summed E-state index contributed by atoms with van der Waals surface area (Å²) in [7, 11) is 1.52. The molecule has 8 nitrogen and oxygen atoms in total. The zero-order chi connectivity index (χ0) is 18.8. The van der Waals surface area contributed by atoms with Gasteiger partial charge in [-0.3, -0.25) is 19.7 Å². The number of carbonyl (C=O) groups excluding carboxylic acids is 2. The Kier molecular flexibility index (Phi) is 4.40. The predicted octanol–water partition coefficient (Wildman–Crippen LogP) is 2.31. The van der Waals surface area contributed by atoms with Crippen molar-refractivity contribution < 1.29 is 24.4 Å². The van der Waals surface area contributed by atoms with E-state index in [1.54, 1.807) is 24.3 Å². The van der Waals surface area contributed by atoms with Crippen LogP contribution in [0.5, 0.6) is 5.75 Å². The first-order valence-corrected chi connectivity index (χ1v) is 7.59. The van der Waals surface area contributed by atoms with Gasteiger partial charge in [0.05, 0.1) is 23.6 Å². The van der Waals surface area contributed by atoms with E-state index >= 15 is 0 Å². The number of rotatable bonds is 4. The van der Waals surface area contributed by atoms with Crippen LogP contribution in [0.25, 0.3) is 5.76 Å². The second-order valence-corrected chi connectivity index (χ2v) is 5.58. The molecule has 1 heterocycles. The fraction of sp³-hybridized carbons (Fsp3) is 0.111. The minimum atomic E-state index is -0.846. The first-order valence-electron chi connectivity index (χ1n) is 7.59. The molecule has 132 valence electrons. The number of Topliss-reactive ketones (excluding diaryl/α,β-unsaturated/α-hetero) is 1. The predicted molar refractivity (Wildman–Crippen MR) is 91.5 cm³/mol. The van der Waals surface area contributed by atoms with Crippen LogP contribution in [-0.4, -0.2) is 28.8 Å². The Morgan fingerprint density at radius 2 is 1.73 bits per heavy atom. The lowest BCUT2D eigenvalue weighted by molar-refractivity contribution is -0.384. The Bertz CT molecular complexity index is 916. The molecule has 0 bridgehead atoms. The van der Waals surface area contributed by atoms with Crippen LogP contribution in [-0.2, 0) is 9.59 Å². The molecule has 1 fully saturated rings. The second-order valence-electron chi connectivity index (χ2n) is 5.58. The number of benzene rings is 2. The number of aliphatic hydroxyl groups is 1. The molecule has 3 rings (SSSR count). The first kappa shape index (κ1) is 17.2. The zero-order valence-corrected chi connectivity index (χ0v) is 13.6. The third-order valence-corrected chi connectivity index (χ3v) is 4.07. The third-order valence-electron chi connectivity index (χ3n) is 4.07. The summed E-state index contributed by atoms with van der Waals surface area (Å²) in [5.74, 6) is -1.46. The molecule has 1 aliphatic heterocycles. The molecule has 0 saturated carbocycles. The van der Waals surface area contributed by atoms with Crippen LogP contribution in [0.1, 0.15) is 17.2 Å². The zero-order valence-electron chi connectivity index (χ0n) is 13.6. The van der Waals surface area contributed by atoms with Crippen molar-refractivity contribution in [2.75, 3.05) is 7.11 Å². The van der Waals surface area contributed by atoms with Gasteiger partial charge in [-0.05, 0) is 29.8 Å². The number of methoxy groups -OCH3 is 1. The number of amides is 1. The molecule has 0 spiro atoms. The summed E-state index contributed by atoms with van der Waals surface area (Å²) in [6, 6.07) is 10.9. The van der Waals surface area contributed by atoms with Crippen LogP contribution in [0, 0.1) is 10.1 Å². The first-order chi connectivity index (χ1) is 12.4. The Labute approximate surface area is 147 Å². The van der Waals surface area contributed by atoms with Crippen LogP contribution >= 0.6 is 0 Å². The van der Waals surface area contributed by atoms with Crippen LogP contribution < -0.4 is 10.1 Å². The number of hydrogen-bond acceptors (Lipinski definition) is 6. The minimum Gasteiger partial charge on any atom is -0.507 e. The highest BCUT2D eigenvalue weighted by Crippen LogP contribution is 2.33. The van der Waals surface area contributed by atoms with Crippen molar-refractivity contribution >= 4 is 23.1 Å². The van der Waals surface area contributed by atoms with Crippen molar-refractivity contribution in [3.8, 4) is 5.75 Å². The van der Waals surface area contributed by atoms with Crippen molar-refractivity contribution in [1.82, 2.24) is 5.32 Å². The van der Waals surface area contributed by atoms with Gasteiger partial charge in [0.2, 0.25) is 0 Å². The smallest absolute Gasteiger partial charge is 0.293 e. The number of non-ortho nitro benzene ring substituents is 1. The van der Waals surface area contributed by atoms with Gasteiger partial charge in [0.15, 0.2) is 0 Å². The summed E-state index contributed by atoms with van der Waals surface area (Å²) in [6.07, 6.45) is 0. The van der Waals surface area contributed by atoms with Crippen molar-refractivity contribution in [2.24, 2.45) is 0 Å². The standard InChI is InChI=1S/C18H14N2O6/c1-26-13-8-4-10(5-9-13)15-14(17(22)18(23)19-15)16(21)11-2-6-12(7-3-11)20(24)25/h2-9,15,21H,1H3,(H,19,23). The topological polar surface area (TPSA) is 119 Å². The van der Waals surface area contributed by atoms with Gasteiger partial charge in [0, 0.05) is 17.7 Å². The number of nitro groups is 1. The molecule has 1 unspecified atom stereocenters. The number of nitrogens with zero attached hydrogens (tertiary/aromatic N) is 1. The summed E-state index contributed by atoms with van der Waals surface area (Å²) >= 11 is 0. The average molecular weight is 354 g/mol. The van der Waals surface area contributed by atoms with Gasteiger partial charge in [-0.25, -0.2) is 0 Å². The van der Waals surface area contributed by atoms with E-state index in [0.29, 0.717) is 11.3 Å². The molecular formula is C18H14N2O6. The third kappa shape index (κ3) is 3.00. The second kappa shape index (κ2) is 6.67. The Hall–Kier alpha value is -3.68. The highest BCUT2D eigenvalue weighted by Gasteiger charge is 2.39. The number of nitro benzene ring substituents is 1. The van der Waals surface area contributed by atoms with E-state index in [0.717, 1.165) is 0 Å². The number of ketones is 1. The molecule has 1 atom stereocenters. The van der Waals surface area contributed by atoms with E-state index in [9.17, 15) is 24.8 Å². The fourth-order valence-corrected chi connectivity index (χ4v) is 2.71. The number of aliphatic hydroxyl groups excluding tert-OH is 1. The number of ether oxygens (including phenoxy) is 1. The summed E-state index contributed by atoms with van der Waals surface area (Å²) < 4.78 is 5.08. The number of nitrogens with one attached hydrogen (secondary N) is 1. The minimum absolute atomic E-state index is 0.103. The number of carbonyl (C=O) groups is 2. The van der Waals surface area contributed by atoms with Crippen molar-refractivity contribution in [3.05, 3.63) is 75.3 Å². The van der Waals surface area contributed by atoms with Crippen LogP contribution in [0.15, 0.2) is 54.1 Å². The Morgan fingerprint density at radius 3 is 2.27 bits per heavy atom. The Balaban J connectivity index is 2.04. The fourth-order valence-electron chi connectivity index (χ4n) is 2.71. The summed E-state index contributed by atoms with van der Waals surface area (Å²) in [5.41, 5.74) is 0.543. The van der Waals surface area contributed by atoms with Crippen molar-refractivity contribution in [1.29, 1.82) is 0 Å². The van der Waals surface area contributed by atoms with Crippen molar-refractivity contribution in [2.45, 2.75) is 6.04 Å². The van der Waals surface area contributed by atoms with E-state index in [-0.39, 0.29) is 16.8 Å². The SMILES string of the molecule is COc1ccc(C2NC(=O)C(=O)C2=C(O)c2ccc([N+](=O)[O-])cc2)cc1. The molecule has 1 aliphatic rings. The molecule has 0 aromatic heterocycles. The maximum atomic E-state index is 12.2. The van der Waals surface area contributed by atoms with Gasteiger partial charge in [0.25, 0.3) is 17.4 Å². The van der Waals surface area contributed by atoms with Gasteiger partial charge >= 0.3 is 0 Å². The molecule has 2 aromatic carbocycles. The number of hydrogen-bond donors (Lipinski definition) is 2. The van der Waals surface area contributed by atoms with Crippen molar-refractivity contribution in [3.63, 3.8) is 0 Å². The van der Waals surface area contributed by atoms with E-state index in [1.165, 1.54) is 31.4 Å². The normalized spacial score (nSPS) is 18.4. The van der Waals surface area contributed by atoms with Gasteiger partial charge in [0.1, 0.15) is 11.5 Å².